The lowest BCUT2D eigenvalue weighted by Gasteiger charge is -2.36. The zero-order valence-electron chi connectivity index (χ0n) is 8.67. The van der Waals surface area contributed by atoms with Crippen molar-refractivity contribution in [3.05, 3.63) is 0 Å². The molecule has 0 radical (unpaired) electrons. The van der Waals surface area contributed by atoms with Crippen LogP contribution in [0.25, 0.3) is 0 Å². The van der Waals surface area contributed by atoms with Gasteiger partial charge in [-0.05, 0) is 29.6 Å². The summed E-state index contributed by atoms with van der Waals surface area (Å²) in [7, 11) is 0. The second-order valence-electron chi connectivity index (χ2n) is 5.70. The van der Waals surface area contributed by atoms with E-state index in [1.807, 2.05) is 6.34 Å². The molecule has 4 atom stereocenters. The Morgan fingerprint density at radius 2 is 2.15 bits per heavy atom. The van der Waals surface area contributed by atoms with Gasteiger partial charge in [0.05, 0.1) is 18.4 Å². The SMILES string of the molecule is CC1(C)C2CCC1(C)C1N=CNC21. The molecule has 2 heteroatoms. The summed E-state index contributed by atoms with van der Waals surface area (Å²) in [5, 5.41) is 3.44. The lowest BCUT2D eigenvalue weighted by Crippen LogP contribution is -2.40. The van der Waals surface area contributed by atoms with Crippen molar-refractivity contribution in [2.75, 3.05) is 0 Å². The molecule has 3 aliphatic rings. The van der Waals surface area contributed by atoms with Crippen LogP contribution in [0.1, 0.15) is 33.6 Å². The average Bonchev–Trinajstić information content (AvgIpc) is 2.63. The van der Waals surface area contributed by atoms with Gasteiger partial charge in [0, 0.05) is 0 Å². The summed E-state index contributed by atoms with van der Waals surface area (Å²) in [6.45, 7) is 7.29. The van der Waals surface area contributed by atoms with Gasteiger partial charge < -0.3 is 5.32 Å². The largest absolute Gasteiger partial charge is 0.371 e. The highest BCUT2D eigenvalue weighted by molar-refractivity contribution is 5.60. The molecule has 0 aromatic carbocycles. The second-order valence-corrected chi connectivity index (χ2v) is 5.70. The van der Waals surface area contributed by atoms with Crippen LogP contribution < -0.4 is 5.32 Å². The van der Waals surface area contributed by atoms with Crippen molar-refractivity contribution in [1.82, 2.24) is 5.32 Å². The van der Waals surface area contributed by atoms with Gasteiger partial charge in [-0.3, -0.25) is 4.99 Å². The fraction of sp³-hybridized carbons (Fsp3) is 0.909. The van der Waals surface area contributed by atoms with Gasteiger partial charge in [-0.25, -0.2) is 0 Å². The van der Waals surface area contributed by atoms with Crippen LogP contribution in [0, 0.1) is 16.7 Å². The first-order valence-corrected chi connectivity index (χ1v) is 5.35. The number of nitrogens with zero attached hydrogens (tertiary/aromatic N) is 1. The molecule has 3 rings (SSSR count). The van der Waals surface area contributed by atoms with Crippen LogP contribution in [0.5, 0.6) is 0 Å². The molecule has 0 amide bonds. The third-order valence-electron chi connectivity index (χ3n) is 5.30. The Bertz CT molecular complexity index is 282. The molecule has 72 valence electrons. The van der Waals surface area contributed by atoms with E-state index in [2.05, 4.69) is 31.1 Å². The molecular formula is C11H18N2. The lowest BCUT2D eigenvalue weighted by molar-refractivity contribution is 0.137. The van der Waals surface area contributed by atoms with Gasteiger partial charge in [-0.15, -0.1) is 0 Å². The Morgan fingerprint density at radius 3 is 2.85 bits per heavy atom. The Balaban J connectivity index is 2.11. The monoisotopic (exact) mass is 178 g/mol. The Morgan fingerprint density at radius 1 is 1.38 bits per heavy atom. The smallest absolute Gasteiger partial charge is 0.0831 e. The summed E-state index contributed by atoms with van der Waals surface area (Å²) in [5.74, 6) is 0.838. The number of hydrogen-bond acceptors (Lipinski definition) is 2. The third-order valence-corrected chi connectivity index (χ3v) is 5.30. The summed E-state index contributed by atoms with van der Waals surface area (Å²) in [4.78, 5) is 4.61. The highest BCUT2D eigenvalue weighted by Gasteiger charge is 2.67. The molecule has 0 saturated heterocycles. The number of rotatable bonds is 0. The Hall–Kier alpha value is -0.530. The number of nitrogens with one attached hydrogen (secondary N) is 1. The predicted molar refractivity (Wildman–Crippen MR) is 53.8 cm³/mol. The van der Waals surface area contributed by atoms with Crippen LogP contribution in [0.2, 0.25) is 0 Å². The van der Waals surface area contributed by atoms with Gasteiger partial charge in [0.1, 0.15) is 0 Å². The van der Waals surface area contributed by atoms with Crippen LogP contribution in [0.4, 0.5) is 0 Å². The first kappa shape index (κ1) is 7.84. The van der Waals surface area contributed by atoms with E-state index in [1.165, 1.54) is 12.8 Å². The van der Waals surface area contributed by atoms with Crippen LogP contribution in [0.15, 0.2) is 4.99 Å². The van der Waals surface area contributed by atoms with Gasteiger partial charge in [-0.1, -0.05) is 20.8 Å². The van der Waals surface area contributed by atoms with Crippen molar-refractivity contribution in [1.29, 1.82) is 0 Å². The van der Waals surface area contributed by atoms with Crippen LogP contribution in [0.3, 0.4) is 0 Å². The maximum atomic E-state index is 4.61. The van der Waals surface area contributed by atoms with Crippen molar-refractivity contribution in [2.24, 2.45) is 21.7 Å². The van der Waals surface area contributed by atoms with Crippen molar-refractivity contribution >= 4 is 6.34 Å². The van der Waals surface area contributed by atoms with Gasteiger partial charge in [0.2, 0.25) is 0 Å². The van der Waals surface area contributed by atoms with E-state index in [4.69, 9.17) is 0 Å². The summed E-state index contributed by atoms with van der Waals surface area (Å²) in [6.07, 6.45) is 4.69. The van der Waals surface area contributed by atoms with E-state index in [9.17, 15) is 0 Å². The molecule has 0 aromatic heterocycles. The Labute approximate surface area is 79.8 Å². The van der Waals surface area contributed by atoms with Crippen molar-refractivity contribution in [2.45, 2.75) is 45.7 Å². The van der Waals surface area contributed by atoms with E-state index in [0.717, 1.165) is 5.92 Å². The summed E-state index contributed by atoms with van der Waals surface area (Å²) >= 11 is 0. The van der Waals surface area contributed by atoms with Crippen LogP contribution >= 0.6 is 0 Å². The standard InChI is InChI=1S/C11H18N2/c1-10(2)7-4-5-11(10,3)9-8(7)12-6-13-9/h6-9H,4-5H2,1-3H3,(H,12,13). The summed E-state index contributed by atoms with van der Waals surface area (Å²) < 4.78 is 0. The molecule has 1 N–H and O–H groups in total. The maximum absolute atomic E-state index is 4.61. The van der Waals surface area contributed by atoms with Crippen molar-refractivity contribution in [3.8, 4) is 0 Å². The van der Waals surface area contributed by atoms with Gasteiger partial charge in [0.15, 0.2) is 0 Å². The van der Waals surface area contributed by atoms with E-state index in [-0.39, 0.29) is 0 Å². The van der Waals surface area contributed by atoms with E-state index < -0.39 is 0 Å². The zero-order chi connectivity index (χ0) is 9.27. The highest BCUT2D eigenvalue weighted by Crippen LogP contribution is 2.66. The predicted octanol–water partition coefficient (Wildman–Crippen LogP) is 1.81. The molecule has 1 aliphatic heterocycles. The molecule has 0 spiro atoms. The highest BCUT2D eigenvalue weighted by atomic mass is 15.1. The minimum atomic E-state index is 0.447. The van der Waals surface area contributed by atoms with Gasteiger partial charge in [-0.2, -0.15) is 0 Å². The van der Waals surface area contributed by atoms with Gasteiger partial charge >= 0.3 is 0 Å². The molecule has 13 heavy (non-hydrogen) atoms. The maximum Gasteiger partial charge on any atom is 0.0831 e. The molecule has 0 aromatic rings. The quantitative estimate of drug-likeness (QED) is 0.601. The first-order chi connectivity index (χ1) is 6.07. The first-order valence-electron chi connectivity index (χ1n) is 5.35. The molecule has 2 saturated carbocycles. The molecule has 1 heterocycles. The summed E-state index contributed by atoms with van der Waals surface area (Å²) in [5.41, 5.74) is 0.926. The minimum absolute atomic E-state index is 0.447. The fourth-order valence-electron chi connectivity index (χ4n) is 4.01. The minimum Gasteiger partial charge on any atom is -0.371 e. The van der Waals surface area contributed by atoms with E-state index >= 15 is 0 Å². The fourth-order valence-corrected chi connectivity index (χ4v) is 4.01. The van der Waals surface area contributed by atoms with Crippen LogP contribution in [-0.4, -0.2) is 18.4 Å². The molecule has 2 nitrogen and oxygen atoms in total. The Kier molecular flexibility index (Phi) is 1.17. The van der Waals surface area contributed by atoms with Crippen LogP contribution in [-0.2, 0) is 0 Å². The van der Waals surface area contributed by atoms with E-state index in [0.29, 0.717) is 22.9 Å². The second kappa shape index (κ2) is 1.94. The summed E-state index contributed by atoms with van der Waals surface area (Å²) in [6, 6.07) is 1.20. The number of hydrogen-bond donors (Lipinski definition) is 1. The number of aliphatic imine (C=N–C) groups is 1. The van der Waals surface area contributed by atoms with E-state index in [1.54, 1.807) is 0 Å². The number of fused-ring (bicyclic) bond motifs is 5. The van der Waals surface area contributed by atoms with Crippen molar-refractivity contribution < 1.29 is 0 Å². The molecule has 4 unspecified atom stereocenters. The molecule has 2 fully saturated rings. The lowest BCUT2D eigenvalue weighted by atomic mass is 9.69. The molecular weight excluding hydrogens is 160 g/mol. The molecule has 2 bridgehead atoms. The van der Waals surface area contributed by atoms with Crippen molar-refractivity contribution in [3.63, 3.8) is 0 Å². The topological polar surface area (TPSA) is 24.4 Å². The third kappa shape index (κ3) is 0.628. The normalized spacial score (nSPS) is 55.2. The van der Waals surface area contributed by atoms with Gasteiger partial charge in [0.25, 0.3) is 0 Å². The molecule has 2 aliphatic carbocycles. The average molecular weight is 178 g/mol. The zero-order valence-corrected chi connectivity index (χ0v) is 8.67.